The molecule has 10 aromatic carbocycles. The Balaban J connectivity index is 1.04. The lowest BCUT2D eigenvalue weighted by Gasteiger charge is -2.35. The molecule has 1 aromatic heterocycles. The Bertz CT molecular complexity index is 3370. The third kappa shape index (κ3) is 6.14. The van der Waals surface area contributed by atoms with Crippen LogP contribution in [0.4, 0.5) is 17.1 Å². The smallest absolute Gasteiger partial charge is 0.0714 e. The van der Waals surface area contributed by atoms with Gasteiger partial charge in [-0.05, 0) is 121 Å². The van der Waals surface area contributed by atoms with Crippen molar-refractivity contribution in [2.24, 2.45) is 0 Å². The lowest BCUT2D eigenvalue weighted by Crippen LogP contribution is -2.28. The van der Waals surface area contributed by atoms with Gasteiger partial charge in [0.25, 0.3) is 0 Å². The maximum atomic E-state index is 2.46. The summed E-state index contributed by atoms with van der Waals surface area (Å²) in [5.74, 6) is 0. The van der Waals surface area contributed by atoms with E-state index in [0.717, 1.165) is 17.1 Å². The van der Waals surface area contributed by atoms with Crippen LogP contribution in [-0.2, 0) is 5.41 Å². The molecule has 1 heterocycles. The Labute approximate surface area is 372 Å². The van der Waals surface area contributed by atoms with Gasteiger partial charge in [-0.25, -0.2) is 0 Å². The maximum Gasteiger partial charge on any atom is 0.0714 e. The molecule has 63 heavy (non-hydrogen) atoms. The lowest BCUT2D eigenvalue weighted by atomic mass is 9.67. The van der Waals surface area contributed by atoms with Crippen molar-refractivity contribution in [2.45, 2.75) is 5.41 Å². The molecule has 0 N–H and O–H groups in total. The average molecular weight is 820 g/mol. The summed E-state index contributed by atoms with van der Waals surface area (Å²) in [4.78, 5) is 2.43. The highest BCUT2D eigenvalue weighted by molar-refractivity contribution is 7.25. The van der Waals surface area contributed by atoms with Crippen molar-refractivity contribution in [1.82, 2.24) is 0 Å². The third-order valence-corrected chi connectivity index (χ3v) is 14.1. The van der Waals surface area contributed by atoms with Gasteiger partial charge < -0.3 is 4.90 Å². The number of rotatable bonds is 8. The van der Waals surface area contributed by atoms with E-state index < -0.39 is 5.41 Å². The van der Waals surface area contributed by atoms with E-state index in [1.54, 1.807) is 0 Å². The molecule has 0 unspecified atom stereocenters. The van der Waals surface area contributed by atoms with Gasteiger partial charge in [0, 0.05) is 37.2 Å². The molecule has 1 aliphatic carbocycles. The number of benzene rings is 10. The van der Waals surface area contributed by atoms with Crippen LogP contribution in [0, 0.1) is 0 Å². The number of hydrogen-bond donors (Lipinski definition) is 0. The highest BCUT2D eigenvalue weighted by Crippen LogP contribution is 2.57. The predicted octanol–water partition coefficient (Wildman–Crippen LogP) is 16.9. The Morgan fingerprint density at radius 3 is 1.43 bits per heavy atom. The summed E-state index contributed by atoms with van der Waals surface area (Å²) in [6, 6.07) is 91.5. The zero-order valence-corrected chi connectivity index (χ0v) is 35.3. The van der Waals surface area contributed by atoms with Gasteiger partial charge in [0.05, 0.1) is 5.41 Å². The molecule has 0 saturated carbocycles. The first-order chi connectivity index (χ1) is 31.2. The number of nitrogens with zero attached hydrogens (tertiary/aromatic N) is 1. The fourth-order valence-corrected chi connectivity index (χ4v) is 11.2. The van der Waals surface area contributed by atoms with Gasteiger partial charge in [-0.1, -0.05) is 194 Å². The van der Waals surface area contributed by atoms with Crippen molar-refractivity contribution < 1.29 is 0 Å². The van der Waals surface area contributed by atoms with E-state index in [-0.39, 0.29) is 0 Å². The number of hydrogen-bond acceptors (Lipinski definition) is 2. The molecule has 0 atom stereocenters. The minimum atomic E-state index is -0.504. The highest BCUT2D eigenvalue weighted by atomic mass is 32.1. The molecule has 11 aromatic rings. The van der Waals surface area contributed by atoms with Gasteiger partial charge in [0.2, 0.25) is 0 Å². The zero-order valence-electron chi connectivity index (χ0n) is 34.5. The topological polar surface area (TPSA) is 3.24 Å². The van der Waals surface area contributed by atoms with Crippen LogP contribution in [0.3, 0.4) is 0 Å². The van der Waals surface area contributed by atoms with Crippen molar-refractivity contribution in [1.29, 1.82) is 0 Å². The standard InChI is InChI=1S/C61H41NS/c1-5-17-42(18-6-1)43-29-33-48(34-30-43)62(49-35-31-45(32-36-49)55-41-60-56(53-26-14-16-28-59(53)63-60)40-54(55)44-19-7-2-8-20-44)50-37-38-52-51-25-13-15-27-57(51)61(58(52)39-50,46-21-9-3-10-22-46)47-23-11-4-12-24-47/h1-41H. The molecule has 0 spiro atoms. The first-order valence-electron chi connectivity index (χ1n) is 21.7. The maximum absolute atomic E-state index is 2.46. The third-order valence-electron chi connectivity index (χ3n) is 13.0. The first-order valence-corrected chi connectivity index (χ1v) is 22.5. The van der Waals surface area contributed by atoms with Crippen LogP contribution >= 0.6 is 11.3 Å². The summed E-state index contributed by atoms with van der Waals surface area (Å²) in [7, 11) is 0. The minimum absolute atomic E-state index is 0.504. The molecule has 1 aliphatic rings. The highest BCUT2D eigenvalue weighted by Gasteiger charge is 2.46. The van der Waals surface area contributed by atoms with Gasteiger partial charge in [-0.15, -0.1) is 11.3 Å². The molecular formula is C61H41NS. The van der Waals surface area contributed by atoms with Gasteiger partial charge >= 0.3 is 0 Å². The molecule has 0 radical (unpaired) electrons. The Hall–Kier alpha value is -7.78. The molecular weight excluding hydrogens is 779 g/mol. The van der Waals surface area contributed by atoms with Gasteiger partial charge in [-0.2, -0.15) is 0 Å². The van der Waals surface area contributed by atoms with Crippen molar-refractivity contribution in [2.75, 3.05) is 4.90 Å². The molecule has 296 valence electrons. The Kier molecular flexibility index (Phi) is 8.98. The summed E-state index contributed by atoms with van der Waals surface area (Å²) >= 11 is 1.87. The average Bonchev–Trinajstić information content (AvgIpc) is 3.88. The quantitative estimate of drug-likeness (QED) is 0.148. The van der Waals surface area contributed by atoms with Crippen molar-refractivity contribution in [3.63, 3.8) is 0 Å². The van der Waals surface area contributed by atoms with Crippen LogP contribution in [0.1, 0.15) is 22.3 Å². The van der Waals surface area contributed by atoms with Gasteiger partial charge in [0.15, 0.2) is 0 Å². The van der Waals surface area contributed by atoms with Crippen molar-refractivity contribution in [3.8, 4) is 44.5 Å². The summed E-state index contributed by atoms with van der Waals surface area (Å²) < 4.78 is 2.61. The summed E-state index contributed by atoms with van der Waals surface area (Å²) in [6.45, 7) is 0. The van der Waals surface area contributed by atoms with Gasteiger partial charge in [-0.3, -0.25) is 0 Å². The second-order valence-corrected chi connectivity index (χ2v) is 17.5. The summed E-state index contributed by atoms with van der Waals surface area (Å²) in [6.07, 6.45) is 0. The largest absolute Gasteiger partial charge is 0.310 e. The zero-order chi connectivity index (χ0) is 41.7. The van der Waals surface area contributed by atoms with E-state index in [1.165, 1.54) is 86.9 Å². The molecule has 0 bridgehead atoms. The van der Waals surface area contributed by atoms with Crippen LogP contribution < -0.4 is 4.90 Å². The molecule has 0 fully saturated rings. The Morgan fingerprint density at radius 2 is 0.762 bits per heavy atom. The van der Waals surface area contributed by atoms with E-state index in [9.17, 15) is 0 Å². The second-order valence-electron chi connectivity index (χ2n) is 16.4. The fourth-order valence-electron chi connectivity index (χ4n) is 10.1. The van der Waals surface area contributed by atoms with Crippen LogP contribution in [0.25, 0.3) is 64.7 Å². The van der Waals surface area contributed by atoms with Crippen LogP contribution in [0.2, 0.25) is 0 Å². The monoisotopic (exact) mass is 819 g/mol. The molecule has 0 amide bonds. The Morgan fingerprint density at radius 1 is 0.286 bits per heavy atom. The molecule has 2 heteroatoms. The van der Waals surface area contributed by atoms with Gasteiger partial charge in [0.1, 0.15) is 0 Å². The molecule has 0 saturated heterocycles. The lowest BCUT2D eigenvalue weighted by molar-refractivity contribution is 0.768. The first kappa shape index (κ1) is 37.0. The molecule has 0 aliphatic heterocycles. The molecule has 1 nitrogen and oxygen atoms in total. The van der Waals surface area contributed by atoms with E-state index in [1.807, 2.05) is 11.3 Å². The van der Waals surface area contributed by atoms with E-state index in [2.05, 4.69) is 254 Å². The fraction of sp³-hybridized carbons (Fsp3) is 0.0164. The SMILES string of the molecule is c1ccc(-c2ccc(N(c3ccc(-c4cc5sc6ccccc6c5cc4-c4ccccc4)cc3)c3ccc4c(c3)C(c3ccccc3)(c3ccccc3)c3ccccc3-4)cc2)cc1. The van der Waals surface area contributed by atoms with Crippen LogP contribution in [-0.4, -0.2) is 0 Å². The normalized spacial score (nSPS) is 12.6. The minimum Gasteiger partial charge on any atom is -0.310 e. The number of thiophene rings is 1. The number of anilines is 3. The van der Waals surface area contributed by atoms with E-state index in [0.29, 0.717) is 0 Å². The predicted molar refractivity (Wildman–Crippen MR) is 268 cm³/mol. The van der Waals surface area contributed by atoms with Crippen LogP contribution in [0.15, 0.2) is 249 Å². The van der Waals surface area contributed by atoms with E-state index in [4.69, 9.17) is 0 Å². The second kappa shape index (κ2) is 15.3. The van der Waals surface area contributed by atoms with Crippen LogP contribution in [0.5, 0.6) is 0 Å². The van der Waals surface area contributed by atoms with E-state index >= 15 is 0 Å². The van der Waals surface area contributed by atoms with Crippen molar-refractivity contribution >= 4 is 48.6 Å². The summed E-state index contributed by atoms with van der Waals surface area (Å²) in [5.41, 5.74) is 17.7. The number of fused-ring (bicyclic) bond motifs is 6. The molecule has 12 rings (SSSR count). The summed E-state index contributed by atoms with van der Waals surface area (Å²) in [5, 5.41) is 2.62. The van der Waals surface area contributed by atoms with Crippen molar-refractivity contribution in [3.05, 3.63) is 271 Å².